The number of thiazole rings is 1. The fraction of sp³-hybridized carbons (Fsp3) is 0.733. The van der Waals surface area contributed by atoms with Crippen LogP contribution in [0.1, 0.15) is 61.9 Å². The average Bonchev–Trinajstić information content (AvgIpc) is 2.80. The number of carbonyl (C=O) groups is 1. The summed E-state index contributed by atoms with van der Waals surface area (Å²) < 4.78 is 0. The van der Waals surface area contributed by atoms with E-state index in [1.54, 1.807) is 11.3 Å². The Kier molecular flexibility index (Phi) is 3.71. The van der Waals surface area contributed by atoms with Gasteiger partial charge in [-0.2, -0.15) is 0 Å². The smallest absolute Gasteiger partial charge is 0.312 e. The van der Waals surface area contributed by atoms with Gasteiger partial charge in [-0.25, -0.2) is 4.98 Å². The van der Waals surface area contributed by atoms with Crippen molar-refractivity contribution in [2.24, 2.45) is 5.41 Å². The van der Waals surface area contributed by atoms with Crippen LogP contribution in [0.2, 0.25) is 0 Å². The lowest BCUT2D eigenvalue weighted by Gasteiger charge is -2.41. The highest BCUT2D eigenvalue weighted by atomic mass is 32.1. The number of carboxylic acid groups (broad SMARTS) is 1. The molecule has 110 valence electrons. The maximum absolute atomic E-state index is 11.3. The summed E-state index contributed by atoms with van der Waals surface area (Å²) in [4.78, 5) is 17.0. The van der Waals surface area contributed by atoms with Gasteiger partial charge in [0.05, 0.1) is 5.69 Å². The van der Waals surface area contributed by atoms with Crippen LogP contribution in [0.5, 0.6) is 0 Å². The summed E-state index contributed by atoms with van der Waals surface area (Å²) in [7, 11) is 0. The molecular weight excluding hydrogens is 272 g/mol. The highest BCUT2D eigenvalue weighted by Gasteiger charge is 2.35. The number of rotatable bonds is 5. The molecule has 1 unspecified atom stereocenters. The van der Waals surface area contributed by atoms with E-state index in [4.69, 9.17) is 0 Å². The molecule has 0 saturated heterocycles. The van der Waals surface area contributed by atoms with Crippen LogP contribution in [0.15, 0.2) is 0 Å². The number of carboxylic acids is 1. The Hall–Kier alpha value is -1.10. The number of aromatic nitrogens is 1. The number of nitrogens with one attached hydrogen (secondary N) is 1. The van der Waals surface area contributed by atoms with Gasteiger partial charge >= 0.3 is 5.97 Å². The van der Waals surface area contributed by atoms with Gasteiger partial charge in [0.1, 0.15) is 5.92 Å². The zero-order chi connectivity index (χ0) is 14.2. The van der Waals surface area contributed by atoms with Crippen LogP contribution in [-0.2, 0) is 11.2 Å². The minimum atomic E-state index is -0.730. The Morgan fingerprint density at radius 2 is 2.30 bits per heavy atom. The monoisotopic (exact) mass is 294 g/mol. The summed E-state index contributed by atoms with van der Waals surface area (Å²) in [6.45, 7) is 3.24. The van der Waals surface area contributed by atoms with Crippen molar-refractivity contribution in [1.29, 1.82) is 0 Å². The van der Waals surface area contributed by atoms with E-state index in [-0.39, 0.29) is 0 Å². The Morgan fingerprint density at radius 1 is 1.50 bits per heavy atom. The highest BCUT2D eigenvalue weighted by Crippen LogP contribution is 2.44. The molecule has 0 bridgehead atoms. The zero-order valence-corrected chi connectivity index (χ0v) is 12.8. The molecular formula is C15H22N2O2S. The highest BCUT2D eigenvalue weighted by molar-refractivity contribution is 7.15. The van der Waals surface area contributed by atoms with Gasteiger partial charge < -0.3 is 10.4 Å². The maximum Gasteiger partial charge on any atom is 0.312 e. The van der Waals surface area contributed by atoms with Crippen LogP contribution in [0.25, 0.3) is 0 Å². The summed E-state index contributed by atoms with van der Waals surface area (Å²) in [6.07, 6.45) is 7.83. The molecule has 3 rings (SSSR count). The number of aryl methyl sites for hydroxylation is 1. The van der Waals surface area contributed by atoms with Crippen molar-refractivity contribution in [2.45, 2.75) is 57.8 Å². The number of aliphatic carboxylic acids is 1. The van der Waals surface area contributed by atoms with E-state index in [1.165, 1.54) is 30.6 Å². The molecule has 4 nitrogen and oxygen atoms in total. The van der Waals surface area contributed by atoms with Crippen molar-refractivity contribution in [3.63, 3.8) is 0 Å². The van der Waals surface area contributed by atoms with Crippen molar-refractivity contribution >= 4 is 22.4 Å². The molecule has 1 aromatic rings. The van der Waals surface area contributed by atoms with Crippen molar-refractivity contribution in [1.82, 2.24) is 4.98 Å². The molecule has 0 aromatic carbocycles. The first-order valence-corrected chi connectivity index (χ1v) is 8.41. The third-order valence-electron chi connectivity index (χ3n) is 5.03. The lowest BCUT2D eigenvalue weighted by Crippen LogP contribution is -2.35. The maximum atomic E-state index is 11.3. The summed E-state index contributed by atoms with van der Waals surface area (Å²) in [6, 6.07) is 0. The first-order valence-electron chi connectivity index (χ1n) is 7.60. The van der Waals surface area contributed by atoms with E-state index in [1.807, 2.05) is 0 Å². The normalized spacial score (nSPS) is 23.8. The van der Waals surface area contributed by atoms with E-state index < -0.39 is 11.9 Å². The quantitative estimate of drug-likeness (QED) is 0.870. The van der Waals surface area contributed by atoms with Crippen LogP contribution in [0.4, 0.5) is 5.13 Å². The lowest BCUT2D eigenvalue weighted by molar-refractivity contribution is -0.139. The summed E-state index contributed by atoms with van der Waals surface area (Å²) in [5.74, 6) is -1.12. The predicted molar refractivity (Wildman–Crippen MR) is 80.5 cm³/mol. The fourth-order valence-corrected chi connectivity index (χ4v) is 4.39. The Labute approximate surface area is 123 Å². The van der Waals surface area contributed by atoms with E-state index in [0.717, 1.165) is 36.6 Å². The number of nitrogens with zero attached hydrogens (tertiary/aromatic N) is 1. The van der Waals surface area contributed by atoms with Gasteiger partial charge in [-0.1, -0.05) is 13.3 Å². The van der Waals surface area contributed by atoms with E-state index in [9.17, 15) is 9.90 Å². The van der Waals surface area contributed by atoms with Crippen LogP contribution in [0, 0.1) is 5.41 Å². The predicted octanol–water partition coefficient (Wildman–Crippen LogP) is 3.64. The van der Waals surface area contributed by atoms with Crippen LogP contribution in [0.3, 0.4) is 0 Å². The number of hydrogen-bond acceptors (Lipinski definition) is 4. The minimum Gasteiger partial charge on any atom is -0.481 e. The van der Waals surface area contributed by atoms with E-state index in [2.05, 4.69) is 17.2 Å². The SMILES string of the molecule is CCC1(CNc2nc3c(s2)CCCC3C(=O)O)CCC1. The van der Waals surface area contributed by atoms with Gasteiger partial charge in [-0.3, -0.25) is 4.79 Å². The molecule has 0 spiro atoms. The molecule has 2 aliphatic rings. The summed E-state index contributed by atoms with van der Waals surface area (Å²) in [5, 5.41) is 13.7. The Bertz CT molecular complexity index is 502. The molecule has 0 radical (unpaired) electrons. The minimum absolute atomic E-state index is 0.394. The molecule has 20 heavy (non-hydrogen) atoms. The van der Waals surface area contributed by atoms with Crippen LogP contribution < -0.4 is 5.32 Å². The summed E-state index contributed by atoms with van der Waals surface area (Å²) >= 11 is 1.66. The fourth-order valence-electron chi connectivity index (χ4n) is 3.33. The molecule has 5 heteroatoms. The number of hydrogen-bond donors (Lipinski definition) is 2. The van der Waals surface area contributed by atoms with Crippen molar-refractivity contribution in [3.8, 4) is 0 Å². The van der Waals surface area contributed by atoms with Gasteiger partial charge in [0.2, 0.25) is 0 Å². The second kappa shape index (κ2) is 5.35. The van der Waals surface area contributed by atoms with Crippen molar-refractivity contribution < 1.29 is 9.90 Å². The van der Waals surface area contributed by atoms with Crippen LogP contribution in [-0.4, -0.2) is 22.6 Å². The third-order valence-corrected chi connectivity index (χ3v) is 6.12. The first-order chi connectivity index (χ1) is 9.63. The third kappa shape index (κ3) is 2.43. The standard InChI is InChI=1S/C15H22N2O2S/c1-2-15(7-4-8-15)9-16-14-17-12-10(13(18)19)5-3-6-11(12)20-14/h10H,2-9H2,1H3,(H,16,17)(H,18,19). The van der Waals surface area contributed by atoms with Gasteiger partial charge in [-0.05, 0) is 43.9 Å². The van der Waals surface area contributed by atoms with Gasteiger partial charge in [-0.15, -0.1) is 11.3 Å². The Morgan fingerprint density at radius 3 is 2.90 bits per heavy atom. The largest absolute Gasteiger partial charge is 0.481 e. The van der Waals surface area contributed by atoms with Gasteiger partial charge in [0.15, 0.2) is 5.13 Å². The second-order valence-corrected chi connectivity index (χ2v) is 7.25. The van der Waals surface area contributed by atoms with Crippen molar-refractivity contribution in [3.05, 3.63) is 10.6 Å². The number of anilines is 1. The molecule has 0 amide bonds. The lowest BCUT2D eigenvalue weighted by atomic mass is 9.67. The molecule has 1 atom stereocenters. The topological polar surface area (TPSA) is 62.2 Å². The summed E-state index contributed by atoms with van der Waals surface area (Å²) in [5.41, 5.74) is 1.27. The molecule has 0 aliphatic heterocycles. The molecule has 2 N–H and O–H groups in total. The molecule has 1 saturated carbocycles. The van der Waals surface area contributed by atoms with Gasteiger partial charge in [0, 0.05) is 11.4 Å². The van der Waals surface area contributed by atoms with E-state index in [0.29, 0.717) is 5.41 Å². The first kappa shape index (κ1) is 13.9. The van der Waals surface area contributed by atoms with Crippen LogP contribution >= 0.6 is 11.3 Å². The average molecular weight is 294 g/mol. The molecule has 1 heterocycles. The van der Waals surface area contributed by atoms with E-state index >= 15 is 0 Å². The second-order valence-electron chi connectivity index (χ2n) is 6.17. The molecule has 2 aliphatic carbocycles. The van der Waals surface area contributed by atoms with Crippen molar-refractivity contribution in [2.75, 3.05) is 11.9 Å². The molecule has 1 fully saturated rings. The Balaban J connectivity index is 1.71. The van der Waals surface area contributed by atoms with Gasteiger partial charge in [0.25, 0.3) is 0 Å². The number of fused-ring (bicyclic) bond motifs is 1. The zero-order valence-electron chi connectivity index (χ0n) is 11.9. The molecule has 1 aromatic heterocycles.